The highest BCUT2D eigenvalue weighted by molar-refractivity contribution is 5.82. The van der Waals surface area contributed by atoms with Crippen molar-refractivity contribution in [1.29, 1.82) is 0 Å². The van der Waals surface area contributed by atoms with Gasteiger partial charge in [0.1, 0.15) is 6.61 Å². The van der Waals surface area contributed by atoms with Gasteiger partial charge in [0.2, 0.25) is 0 Å². The van der Waals surface area contributed by atoms with Gasteiger partial charge in [-0.15, -0.1) is 0 Å². The van der Waals surface area contributed by atoms with Crippen molar-refractivity contribution in [3.05, 3.63) is 0 Å². The SMILES string of the molecule is CCC(C)C1CCCCC1C(=O)CO. The predicted octanol–water partition coefficient (Wildman–Crippen LogP) is 2.40. The lowest BCUT2D eigenvalue weighted by Gasteiger charge is -2.34. The Morgan fingerprint density at radius 1 is 1.43 bits per heavy atom. The van der Waals surface area contributed by atoms with Crippen LogP contribution in [0.15, 0.2) is 0 Å². The summed E-state index contributed by atoms with van der Waals surface area (Å²) in [6.07, 6.45) is 5.72. The number of rotatable bonds is 4. The van der Waals surface area contributed by atoms with Gasteiger partial charge in [0.05, 0.1) is 0 Å². The van der Waals surface area contributed by atoms with Gasteiger partial charge in [-0.3, -0.25) is 4.79 Å². The molecule has 0 bridgehead atoms. The summed E-state index contributed by atoms with van der Waals surface area (Å²) >= 11 is 0. The summed E-state index contributed by atoms with van der Waals surface area (Å²) < 4.78 is 0. The van der Waals surface area contributed by atoms with Gasteiger partial charge in [-0.05, 0) is 24.7 Å². The fraction of sp³-hybridized carbons (Fsp3) is 0.917. The van der Waals surface area contributed by atoms with Gasteiger partial charge in [-0.1, -0.05) is 33.1 Å². The Hall–Kier alpha value is -0.370. The van der Waals surface area contributed by atoms with E-state index in [-0.39, 0.29) is 18.3 Å². The molecule has 0 radical (unpaired) electrons. The largest absolute Gasteiger partial charge is 0.389 e. The summed E-state index contributed by atoms with van der Waals surface area (Å²) in [4.78, 5) is 11.5. The molecule has 0 aromatic heterocycles. The molecule has 1 rings (SSSR count). The van der Waals surface area contributed by atoms with E-state index in [4.69, 9.17) is 5.11 Å². The first-order valence-electron chi connectivity index (χ1n) is 5.84. The highest BCUT2D eigenvalue weighted by Gasteiger charge is 2.32. The molecule has 0 spiro atoms. The maximum atomic E-state index is 11.5. The molecule has 1 saturated carbocycles. The minimum atomic E-state index is -0.266. The third-order valence-electron chi connectivity index (χ3n) is 3.76. The maximum Gasteiger partial charge on any atom is 0.161 e. The van der Waals surface area contributed by atoms with E-state index in [1.54, 1.807) is 0 Å². The molecule has 0 aromatic rings. The predicted molar refractivity (Wildman–Crippen MR) is 57.0 cm³/mol. The van der Waals surface area contributed by atoms with Crippen LogP contribution >= 0.6 is 0 Å². The number of Topliss-reactive ketones (excluding diaryl/α,β-unsaturated/α-hetero) is 1. The molecule has 1 N–H and O–H groups in total. The molecule has 0 amide bonds. The highest BCUT2D eigenvalue weighted by atomic mass is 16.3. The van der Waals surface area contributed by atoms with Crippen LogP contribution in [-0.2, 0) is 4.79 Å². The van der Waals surface area contributed by atoms with E-state index in [9.17, 15) is 4.79 Å². The monoisotopic (exact) mass is 198 g/mol. The first-order chi connectivity index (χ1) is 6.70. The number of aliphatic hydroxyl groups is 1. The topological polar surface area (TPSA) is 37.3 Å². The van der Waals surface area contributed by atoms with Gasteiger partial charge in [0, 0.05) is 5.92 Å². The molecule has 2 heteroatoms. The Labute approximate surface area is 86.7 Å². The van der Waals surface area contributed by atoms with Crippen molar-refractivity contribution < 1.29 is 9.90 Å². The Bertz CT molecular complexity index is 189. The van der Waals surface area contributed by atoms with Crippen LogP contribution in [0.25, 0.3) is 0 Å². The average molecular weight is 198 g/mol. The normalized spacial score (nSPS) is 29.9. The lowest BCUT2D eigenvalue weighted by atomic mass is 9.70. The fourth-order valence-electron chi connectivity index (χ4n) is 2.66. The molecule has 3 atom stereocenters. The van der Waals surface area contributed by atoms with Crippen LogP contribution in [0.5, 0.6) is 0 Å². The van der Waals surface area contributed by atoms with Gasteiger partial charge in [0.15, 0.2) is 5.78 Å². The number of carbonyl (C=O) groups is 1. The number of hydrogen-bond donors (Lipinski definition) is 1. The van der Waals surface area contributed by atoms with E-state index < -0.39 is 0 Å². The summed E-state index contributed by atoms with van der Waals surface area (Å²) in [7, 11) is 0. The molecule has 1 fully saturated rings. The van der Waals surface area contributed by atoms with Crippen LogP contribution in [0.4, 0.5) is 0 Å². The van der Waals surface area contributed by atoms with E-state index in [2.05, 4.69) is 13.8 Å². The molecule has 3 unspecified atom stereocenters. The zero-order valence-corrected chi connectivity index (χ0v) is 9.33. The standard InChI is InChI=1S/C12H22O2/c1-3-9(2)10-6-4-5-7-11(10)12(14)8-13/h9-11,13H,3-8H2,1-2H3. The molecule has 0 aromatic carbocycles. The van der Waals surface area contributed by atoms with Crippen LogP contribution < -0.4 is 0 Å². The zero-order chi connectivity index (χ0) is 10.6. The third-order valence-corrected chi connectivity index (χ3v) is 3.76. The average Bonchev–Trinajstić information content (AvgIpc) is 2.27. The smallest absolute Gasteiger partial charge is 0.161 e. The molecule has 0 saturated heterocycles. The quantitative estimate of drug-likeness (QED) is 0.753. The van der Waals surface area contributed by atoms with E-state index in [0.717, 1.165) is 19.3 Å². The van der Waals surface area contributed by atoms with Gasteiger partial charge in [-0.2, -0.15) is 0 Å². The maximum absolute atomic E-state index is 11.5. The van der Waals surface area contributed by atoms with Crippen LogP contribution in [0.2, 0.25) is 0 Å². The second kappa shape index (κ2) is 5.50. The third kappa shape index (κ3) is 2.57. The molecule has 14 heavy (non-hydrogen) atoms. The molecule has 0 aliphatic heterocycles. The van der Waals surface area contributed by atoms with Crippen molar-refractivity contribution in [3.8, 4) is 0 Å². The Kier molecular flexibility index (Phi) is 4.59. The second-order valence-corrected chi connectivity index (χ2v) is 4.56. The molecular formula is C12H22O2. The first kappa shape index (κ1) is 11.7. The lowest BCUT2D eigenvalue weighted by Crippen LogP contribution is -2.32. The van der Waals surface area contributed by atoms with Gasteiger partial charge in [0.25, 0.3) is 0 Å². The molecule has 0 heterocycles. The van der Waals surface area contributed by atoms with Crippen molar-refractivity contribution in [3.63, 3.8) is 0 Å². The molecule has 82 valence electrons. The van der Waals surface area contributed by atoms with Crippen LogP contribution in [0, 0.1) is 17.8 Å². The summed E-state index contributed by atoms with van der Waals surface area (Å²) in [5.41, 5.74) is 0. The zero-order valence-electron chi connectivity index (χ0n) is 9.33. The minimum Gasteiger partial charge on any atom is -0.389 e. The van der Waals surface area contributed by atoms with Crippen molar-refractivity contribution in [2.75, 3.05) is 6.61 Å². The van der Waals surface area contributed by atoms with Gasteiger partial charge < -0.3 is 5.11 Å². The number of ketones is 1. The van der Waals surface area contributed by atoms with Crippen molar-refractivity contribution in [1.82, 2.24) is 0 Å². The highest BCUT2D eigenvalue weighted by Crippen LogP contribution is 2.36. The van der Waals surface area contributed by atoms with E-state index in [1.807, 2.05) is 0 Å². The van der Waals surface area contributed by atoms with Gasteiger partial charge in [-0.25, -0.2) is 0 Å². The minimum absolute atomic E-state index is 0.0648. The molecular weight excluding hydrogens is 176 g/mol. The van der Waals surface area contributed by atoms with E-state index >= 15 is 0 Å². The summed E-state index contributed by atoms with van der Waals surface area (Å²) in [5.74, 6) is 1.35. The van der Waals surface area contributed by atoms with Crippen molar-refractivity contribution >= 4 is 5.78 Å². The summed E-state index contributed by atoms with van der Waals surface area (Å²) in [5, 5.41) is 8.91. The fourth-order valence-corrected chi connectivity index (χ4v) is 2.66. The number of carbonyl (C=O) groups excluding carboxylic acids is 1. The van der Waals surface area contributed by atoms with E-state index in [0.29, 0.717) is 11.8 Å². The van der Waals surface area contributed by atoms with Crippen molar-refractivity contribution in [2.45, 2.75) is 46.0 Å². The molecule has 1 aliphatic carbocycles. The summed E-state index contributed by atoms with van der Waals surface area (Å²) in [6, 6.07) is 0. The first-order valence-corrected chi connectivity index (χ1v) is 5.84. The Morgan fingerprint density at radius 3 is 2.64 bits per heavy atom. The number of aliphatic hydroxyl groups excluding tert-OH is 1. The summed E-state index contributed by atoms with van der Waals surface area (Å²) in [6.45, 7) is 4.14. The molecule has 2 nitrogen and oxygen atoms in total. The molecule has 1 aliphatic rings. The second-order valence-electron chi connectivity index (χ2n) is 4.56. The lowest BCUT2D eigenvalue weighted by molar-refractivity contribution is -0.129. The number of hydrogen-bond acceptors (Lipinski definition) is 2. The Balaban J connectivity index is 2.63. The van der Waals surface area contributed by atoms with E-state index in [1.165, 1.54) is 12.8 Å². The van der Waals surface area contributed by atoms with Crippen LogP contribution in [0.1, 0.15) is 46.0 Å². The van der Waals surface area contributed by atoms with Crippen LogP contribution in [-0.4, -0.2) is 17.5 Å². The van der Waals surface area contributed by atoms with Crippen molar-refractivity contribution in [2.24, 2.45) is 17.8 Å². The van der Waals surface area contributed by atoms with Crippen LogP contribution in [0.3, 0.4) is 0 Å². The Morgan fingerprint density at radius 2 is 2.07 bits per heavy atom. The van der Waals surface area contributed by atoms with Gasteiger partial charge >= 0.3 is 0 Å².